The summed E-state index contributed by atoms with van der Waals surface area (Å²) in [7, 11) is 0. The molecule has 0 aromatic heterocycles. The van der Waals surface area contributed by atoms with E-state index in [4.69, 9.17) is 0 Å². The largest absolute Gasteiger partial charge is 0.299 e. The molecular weight excluding hydrogens is 191 g/mol. The minimum Gasteiger partial charge on any atom is -0.299 e. The number of carbonyl (C=O) groups excluding carboxylic acids is 1. The average Bonchev–Trinajstić information content (AvgIpc) is 2.44. The van der Waals surface area contributed by atoms with Gasteiger partial charge in [-0.1, -0.05) is 25.0 Å². The highest BCUT2D eigenvalue weighted by molar-refractivity contribution is 5.85. The number of benzene rings is 1. The van der Waals surface area contributed by atoms with Gasteiger partial charge < -0.3 is 0 Å². The molecule has 1 unspecified atom stereocenters. The molecule has 0 spiro atoms. The Morgan fingerprint density at radius 1 is 1.07 bits per heavy atom. The minimum absolute atomic E-state index is 0.00750. The topological polar surface area (TPSA) is 17.1 Å². The van der Waals surface area contributed by atoms with Gasteiger partial charge in [-0.3, -0.25) is 4.79 Å². The summed E-state index contributed by atoms with van der Waals surface area (Å²) in [6, 6.07) is 6.35. The van der Waals surface area contributed by atoms with Gasteiger partial charge in [-0.15, -0.1) is 0 Å². The summed E-state index contributed by atoms with van der Waals surface area (Å²) < 4.78 is 12.7. The van der Waals surface area contributed by atoms with Crippen molar-refractivity contribution in [2.75, 3.05) is 0 Å². The van der Waals surface area contributed by atoms with Gasteiger partial charge in [0.1, 0.15) is 11.6 Å². The Morgan fingerprint density at radius 2 is 1.80 bits per heavy atom. The zero-order valence-electron chi connectivity index (χ0n) is 8.71. The second kappa shape index (κ2) is 4.56. The molecule has 1 atom stereocenters. The highest BCUT2D eigenvalue weighted by Gasteiger charge is 2.22. The Morgan fingerprint density at radius 3 is 2.53 bits per heavy atom. The maximum Gasteiger partial charge on any atom is 0.140 e. The fraction of sp³-hybridized carbons (Fsp3) is 0.462. The summed E-state index contributed by atoms with van der Waals surface area (Å²) in [4.78, 5) is 11.8. The standard InChI is InChI=1S/C13H15FO/c14-11-8-6-10(7-9-11)12-4-2-1-3-5-13(12)15/h6-9,12H,1-5H2. The number of hydrogen-bond acceptors (Lipinski definition) is 1. The lowest BCUT2D eigenvalue weighted by Gasteiger charge is -2.12. The van der Waals surface area contributed by atoms with Crippen molar-refractivity contribution in [1.29, 1.82) is 0 Å². The van der Waals surface area contributed by atoms with Crippen molar-refractivity contribution in [2.45, 2.75) is 38.0 Å². The van der Waals surface area contributed by atoms with Gasteiger partial charge in [-0.05, 0) is 30.5 Å². The van der Waals surface area contributed by atoms with Crippen molar-refractivity contribution in [3.63, 3.8) is 0 Å². The first-order valence-corrected chi connectivity index (χ1v) is 5.55. The summed E-state index contributed by atoms with van der Waals surface area (Å²) >= 11 is 0. The van der Waals surface area contributed by atoms with Gasteiger partial charge in [0.2, 0.25) is 0 Å². The lowest BCUT2D eigenvalue weighted by atomic mass is 9.91. The van der Waals surface area contributed by atoms with Crippen LogP contribution in [0.2, 0.25) is 0 Å². The van der Waals surface area contributed by atoms with Gasteiger partial charge in [0, 0.05) is 12.3 Å². The van der Waals surface area contributed by atoms with Crippen LogP contribution in [0.5, 0.6) is 0 Å². The Kier molecular flexibility index (Phi) is 3.14. The van der Waals surface area contributed by atoms with Crippen LogP contribution in [-0.2, 0) is 4.79 Å². The van der Waals surface area contributed by atoms with Gasteiger partial charge in [0.25, 0.3) is 0 Å². The molecular formula is C13H15FO. The second-order valence-corrected chi connectivity index (χ2v) is 4.17. The second-order valence-electron chi connectivity index (χ2n) is 4.17. The third kappa shape index (κ3) is 2.44. The number of carbonyl (C=O) groups is 1. The van der Waals surface area contributed by atoms with Crippen LogP contribution >= 0.6 is 0 Å². The summed E-state index contributed by atoms with van der Waals surface area (Å²) in [5.41, 5.74) is 0.975. The smallest absolute Gasteiger partial charge is 0.140 e. The van der Waals surface area contributed by atoms with Crippen LogP contribution in [0, 0.1) is 5.82 Å². The maximum absolute atomic E-state index is 12.7. The lowest BCUT2D eigenvalue weighted by molar-refractivity contribution is -0.120. The fourth-order valence-electron chi connectivity index (χ4n) is 2.21. The Hall–Kier alpha value is -1.18. The SMILES string of the molecule is O=C1CCCCCC1c1ccc(F)cc1. The molecule has 1 aromatic rings. The van der Waals surface area contributed by atoms with Crippen molar-refractivity contribution < 1.29 is 9.18 Å². The van der Waals surface area contributed by atoms with Crippen LogP contribution < -0.4 is 0 Å². The Balaban J connectivity index is 2.20. The van der Waals surface area contributed by atoms with Gasteiger partial charge in [-0.2, -0.15) is 0 Å². The quantitative estimate of drug-likeness (QED) is 0.643. The number of hydrogen-bond donors (Lipinski definition) is 0. The van der Waals surface area contributed by atoms with Crippen molar-refractivity contribution in [3.8, 4) is 0 Å². The molecule has 0 amide bonds. The highest BCUT2D eigenvalue weighted by atomic mass is 19.1. The molecule has 1 aliphatic carbocycles. The maximum atomic E-state index is 12.7. The molecule has 2 rings (SSSR count). The fourth-order valence-corrected chi connectivity index (χ4v) is 2.21. The van der Waals surface area contributed by atoms with Gasteiger partial charge in [-0.25, -0.2) is 4.39 Å². The third-order valence-corrected chi connectivity index (χ3v) is 3.08. The van der Waals surface area contributed by atoms with Gasteiger partial charge in [0.05, 0.1) is 0 Å². The van der Waals surface area contributed by atoms with E-state index in [1.807, 2.05) is 0 Å². The van der Waals surface area contributed by atoms with E-state index in [0.29, 0.717) is 12.2 Å². The predicted octanol–water partition coefficient (Wildman–Crippen LogP) is 3.44. The Labute approximate surface area is 89.3 Å². The van der Waals surface area contributed by atoms with Crippen LogP contribution in [0.25, 0.3) is 0 Å². The van der Waals surface area contributed by atoms with E-state index in [9.17, 15) is 9.18 Å². The molecule has 0 N–H and O–H groups in total. The van der Waals surface area contributed by atoms with E-state index in [-0.39, 0.29) is 11.7 Å². The molecule has 0 saturated heterocycles. The van der Waals surface area contributed by atoms with E-state index >= 15 is 0 Å². The predicted molar refractivity (Wildman–Crippen MR) is 57.2 cm³/mol. The summed E-state index contributed by atoms with van der Waals surface area (Å²) in [6.07, 6.45) is 4.86. The van der Waals surface area contributed by atoms with Gasteiger partial charge >= 0.3 is 0 Å². The van der Waals surface area contributed by atoms with E-state index in [1.54, 1.807) is 12.1 Å². The molecule has 0 heterocycles. The zero-order valence-corrected chi connectivity index (χ0v) is 8.71. The third-order valence-electron chi connectivity index (χ3n) is 3.08. The molecule has 0 radical (unpaired) electrons. The zero-order chi connectivity index (χ0) is 10.7. The van der Waals surface area contributed by atoms with E-state index in [1.165, 1.54) is 12.1 Å². The minimum atomic E-state index is -0.236. The van der Waals surface area contributed by atoms with Crippen molar-refractivity contribution in [3.05, 3.63) is 35.6 Å². The molecule has 2 heteroatoms. The molecule has 0 aliphatic heterocycles. The lowest BCUT2D eigenvalue weighted by Crippen LogP contribution is -2.10. The van der Waals surface area contributed by atoms with E-state index < -0.39 is 0 Å². The van der Waals surface area contributed by atoms with Crippen LogP contribution in [0.3, 0.4) is 0 Å². The first kappa shape index (κ1) is 10.3. The molecule has 0 bridgehead atoms. The average molecular weight is 206 g/mol. The first-order chi connectivity index (χ1) is 7.27. The van der Waals surface area contributed by atoms with Crippen LogP contribution in [-0.4, -0.2) is 5.78 Å². The molecule has 1 nitrogen and oxygen atoms in total. The molecule has 80 valence electrons. The van der Waals surface area contributed by atoms with E-state index in [2.05, 4.69) is 0 Å². The number of ketones is 1. The normalized spacial score (nSPS) is 22.5. The number of rotatable bonds is 1. The molecule has 1 aromatic carbocycles. The summed E-state index contributed by atoms with van der Waals surface area (Å²) in [5, 5.41) is 0. The van der Waals surface area contributed by atoms with Crippen molar-refractivity contribution in [2.24, 2.45) is 0 Å². The Bertz CT molecular complexity index is 342. The monoisotopic (exact) mass is 206 g/mol. The number of halogens is 1. The highest BCUT2D eigenvalue weighted by Crippen LogP contribution is 2.28. The molecule has 1 saturated carbocycles. The van der Waals surface area contributed by atoms with Crippen molar-refractivity contribution >= 4 is 5.78 Å². The van der Waals surface area contributed by atoms with Crippen molar-refractivity contribution in [1.82, 2.24) is 0 Å². The molecule has 15 heavy (non-hydrogen) atoms. The van der Waals surface area contributed by atoms with Crippen LogP contribution in [0.1, 0.15) is 43.6 Å². The van der Waals surface area contributed by atoms with E-state index in [0.717, 1.165) is 31.2 Å². The van der Waals surface area contributed by atoms with Crippen LogP contribution in [0.15, 0.2) is 24.3 Å². The van der Waals surface area contributed by atoms with Crippen LogP contribution in [0.4, 0.5) is 4.39 Å². The summed E-state index contributed by atoms with van der Waals surface area (Å²) in [5.74, 6) is 0.0898. The molecule has 1 aliphatic rings. The first-order valence-electron chi connectivity index (χ1n) is 5.55. The summed E-state index contributed by atoms with van der Waals surface area (Å²) in [6.45, 7) is 0. The number of Topliss-reactive ketones (excluding diaryl/α,β-unsaturated/α-hetero) is 1. The van der Waals surface area contributed by atoms with Gasteiger partial charge in [0.15, 0.2) is 0 Å². The molecule has 1 fully saturated rings.